The Labute approximate surface area is 477 Å². The van der Waals surface area contributed by atoms with Gasteiger partial charge in [-0.1, -0.05) is 152 Å². The van der Waals surface area contributed by atoms with Crippen LogP contribution in [0.5, 0.6) is 0 Å². The van der Waals surface area contributed by atoms with E-state index in [0.717, 1.165) is 33.3 Å². The Morgan fingerprint density at radius 2 is 0.852 bits per heavy atom. The summed E-state index contributed by atoms with van der Waals surface area (Å²) in [5.41, 5.74) is 28.0. The van der Waals surface area contributed by atoms with Gasteiger partial charge < -0.3 is 23.4 Å². The maximum atomic E-state index is 6.55. The van der Waals surface area contributed by atoms with Crippen LogP contribution in [0.2, 0.25) is 0 Å². The Kier molecular flexibility index (Phi) is 9.98. The van der Waals surface area contributed by atoms with E-state index in [1.165, 1.54) is 128 Å². The fourth-order valence-corrected chi connectivity index (χ4v) is 14.0. The molecule has 3 aliphatic heterocycles. The topological polar surface area (TPSA) is 29.5 Å². The number of anilines is 6. The van der Waals surface area contributed by atoms with E-state index < -0.39 is 0 Å². The highest BCUT2D eigenvalue weighted by Crippen LogP contribution is 2.55. The van der Waals surface area contributed by atoms with Gasteiger partial charge in [0.25, 0.3) is 6.71 Å². The third kappa shape index (κ3) is 7.17. The number of hydrogen-bond donors (Lipinski definition) is 0. The van der Waals surface area contributed by atoms with E-state index in [-0.39, 0.29) is 33.8 Å². The predicted molar refractivity (Wildman–Crippen MR) is 348 cm³/mol. The standard InChI is InChI=1S/C75H73BN4O/c1-42-31-62-68-63(32-42)80-64-38-46(74(11,12)13)36-55-53-35-45(73(8,9)10)23-29-60(53)79(69(55)64)65-39-47(75(14,15)16)37-57(70(65)80)76(68)56-26-24-49(41-61(56)78(62)48-25-30-67-54(40-48)50-19-17-18-20-66(50)81-67)77-58-27-21-43(71(2,3)4)33-51(58)52-34-44(72(5,6)7)22-28-59(52)77/h17-41H,1-16H3. The first-order chi connectivity index (χ1) is 38.2. The van der Waals surface area contributed by atoms with Crippen LogP contribution in [0.3, 0.4) is 0 Å². The van der Waals surface area contributed by atoms with Crippen molar-refractivity contribution in [2.45, 2.75) is 138 Å². The smallest absolute Gasteiger partial charge is 0.252 e. The maximum absolute atomic E-state index is 6.55. The minimum Gasteiger partial charge on any atom is -0.456 e. The van der Waals surface area contributed by atoms with E-state index in [4.69, 9.17) is 4.42 Å². The Bertz CT molecular complexity index is 4680. The molecule has 0 atom stereocenters. The quantitative estimate of drug-likeness (QED) is 0.162. The largest absolute Gasteiger partial charge is 0.456 e. The summed E-state index contributed by atoms with van der Waals surface area (Å²) in [6.45, 7) is 37.4. The lowest BCUT2D eigenvalue weighted by atomic mass is 9.33. The lowest BCUT2D eigenvalue weighted by Crippen LogP contribution is -2.62. The summed E-state index contributed by atoms with van der Waals surface area (Å²) in [6.07, 6.45) is 0. The molecule has 5 nitrogen and oxygen atoms in total. The van der Waals surface area contributed by atoms with E-state index in [0.29, 0.717) is 0 Å². The highest BCUT2D eigenvalue weighted by Gasteiger charge is 2.47. The van der Waals surface area contributed by atoms with Gasteiger partial charge in [-0.25, -0.2) is 0 Å². The van der Waals surface area contributed by atoms with Crippen LogP contribution in [0, 0.1) is 6.92 Å². The van der Waals surface area contributed by atoms with Gasteiger partial charge in [0.1, 0.15) is 11.2 Å². The molecule has 0 spiro atoms. The van der Waals surface area contributed by atoms with Crippen LogP contribution >= 0.6 is 0 Å². The molecule has 12 aromatic rings. The van der Waals surface area contributed by atoms with E-state index in [1.54, 1.807) is 0 Å². The Hall–Kier alpha value is -7.96. The molecule has 81 heavy (non-hydrogen) atoms. The molecule has 15 rings (SSSR count). The number of aromatic nitrogens is 2. The monoisotopic (exact) mass is 1060 g/mol. The molecular weight excluding hydrogens is 984 g/mol. The minimum atomic E-state index is -0.142. The van der Waals surface area contributed by atoms with Gasteiger partial charge in [-0.05, 0) is 187 Å². The number of rotatable bonds is 2. The van der Waals surface area contributed by atoms with Crippen LogP contribution in [0.1, 0.15) is 137 Å². The van der Waals surface area contributed by atoms with Gasteiger partial charge in [0.2, 0.25) is 0 Å². The molecule has 6 heteroatoms. The van der Waals surface area contributed by atoms with Crippen molar-refractivity contribution in [3.63, 3.8) is 0 Å². The minimum absolute atomic E-state index is 0.00534. The van der Waals surface area contributed by atoms with Crippen molar-refractivity contribution in [1.29, 1.82) is 0 Å². The molecule has 9 aromatic carbocycles. The summed E-state index contributed by atoms with van der Waals surface area (Å²) >= 11 is 0. The summed E-state index contributed by atoms with van der Waals surface area (Å²) in [5.74, 6) is 0. The van der Waals surface area contributed by atoms with Gasteiger partial charge in [-0.3, -0.25) is 0 Å². The number of aryl methyl sites for hydroxylation is 1. The lowest BCUT2D eigenvalue weighted by molar-refractivity contribution is 0.590. The second-order valence-corrected chi connectivity index (χ2v) is 29.3. The molecule has 3 aliphatic rings. The van der Waals surface area contributed by atoms with Crippen LogP contribution in [-0.2, 0) is 27.1 Å². The zero-order valence-electron chi connectivity index (χ0n) is 50.2. The summed E-state index contributed by atoms with van der Waals surface area (Å²) in [5, 5.41) is 7.43. The van der Waals surface area contributed by atoms with Gasteiger partial charge in [0.05, 0.1) is 39.1 Å². The predicted octanol–water partition coefficient (Wildman–Crippen LogP) is 19.0. The molecule has 0 aliphatic carbocycles. The molecule has 0 fully saturated rings. The zero-order valence-corrected chi connectivity index (χ0v) is 50.2. The molecule has 0 saturated carbocycles. The van der Waals surface area contributed by atoms with Crippen molar-refractivity contribution in [2.75, 3.05) is 9.80 Å². The number of fused-ring (bicyclic) bond motifs is 15. The molecule has 0 bridgehead atoms. The molecule has 0 saturated heterocycles. The molecular formula is C75H73BN4O. The number of nitrogens with zero attached hydrogens (tertiary/aromatic N) is 4. The summed E-state index contributed by atoms with van der Waals surface area (Å²) < 4.78 is 11.7. The van der Waals surface area contributed by atoms with Gasteiger partial charge in [-0.15, -0.1) is 0 Å². The van der Waals surface area contributed by atoms with E-state index >= 15 is 0 Å². The van der Waals surface area contributed by atoms with Crippen molar-refractivity contribution in [3.8, 4) is 11.4 Å². The normalized spacial score (nSPS) is 14.3. The van der Waals surface area contributed by atoms with E-state index in [9.17, 15) is 0 Å². The number of hydrogen-bond acceptors (Lipinski definition) is 3. The van der Waals surface area contributed by atoms with Gasteiger partial charge in [0.15, 0.2) is 0 Å². The van der Waals surface area contributed by atoms with Crippen molar-refractivity contribution in [2.24, 2.45) is 0 Å². The van der Waals surface area contributed by atoms with Crippen LogP contribution < -0.4 is 26.2 Å². The molecule has 3 aromatic heterocycles. The number of furan rings is 1. The first-order valence-electron chi connectivity index (χ1n) is 29.4. The first-order valence-corrected chi connectivity index (χ1v) is 29.4. The van der Waals surface area contributed by atoms with Crippen LogP contribution in [0.4, 0.5) is 34.1 Å². The second-order valence-electron chi connectivity index (χ2n) is 29.3. The second kappa shape index (κ2) is 16.2. The first kappa shape index (κ1) is 50.0. The number of para-hydroxylation sites is 1. The van der Waals surface area contributed by atoms with E-state index in [2.05, 4.69) is 281 Å². The number of benzene rings is 9. The fraction of sp³-hybridized carbons (Fsp3) is 0.280. The summed E-state index contributed by atoms with van der Waals surface area (Å²) in [6, 6.07) is 59.5. The third-order valence-electron chi connectivity index (χ3n) is 18.6. The third-order valence-corrected chi connectivity index (χ3v) is 18.6. The fourth-order valence-electron chi connectivity index (χ4n) is 14.0. The van der Waals surface area contributed by atoms with Gasteiger partial charge in [0, 0.05) is 60.8 Å². The van der Waals surface area contributed by atoms with Crippen LogP contribution in [0.15, 0.2) is 156 Å². The Morgan fingerprint density at radius 3 is 1.46 bits per heavy atom. The Balaban J connectivity index is 1.07. The maximum Gasteiger partial charge on any atom is 0.252 e. The molecule has 0 radical (unpaired) electrons. The highest BCUT2D eigenvalue weighted by atomic mass is 16.3. The summed E-state index contributed by atoms with van der Waals surface area (Å²) in [7, 11) is 0. The van der Waals surface area contributed by atoms with E-state index in [1.807, 2.05) is 0 Å². The molecule has 0 N–H and O–H groups in total. The van der Waals surface area contributed by atoms with Gasteiger partial charge in [-0.2, -0.15) is 0 Å². The zero-order chi connectivity index (χ0) is 56.5. The van der Waals surface area contributed by atoms with Crippen molar-refractivity contribution in [3.05, 3.63) is 185 Å². The highest BCUT2D eigenvalue weighted by molar-refractivity contribution is 7.00. The summed E-state index contributed by atoms with van der Waals surface area (Å²) in [4.78, 5) is 5.29. The van der Waals surface area contributed by atoms with Crippen molar-refractivity contribution in [1.82, 2.24) is 9.13 Å². The van der Waals surface area contributed by atoms with Crippen LogP contribution in [-0.4, -0.2) is 15.8 Å². The average molecular weight is 1060 g/mol. The molecule has 6 heterocycles. The molecule has 402 valence electrons. The van der Waals surface area contributed by atoms with Crippen molar-refractivity contribution < 1.29 is 4.42 Å². The SMILES string of the molecule is Cc1cc2c3c(c1)N1c4c(cc(C(C)(C)C)cc4-n4c5ccc(C(C)(C)C)cc5c5cc(C(C)(C)C)cc1c54)B3c1ccc(-n3c4ccc(C(C)(C)C)cc4c4cc(C(C)(C)C)ccc43)cc1N2c1ccc2oc3ccccc3c2c1. The van der Waals surface area contributed by atoms with Crippen molar-refractivity contribution >= 4 is 123 Å². The Morgan fingerprint density at radius 1 is 0.346 bits per heavy atom. The average Bonchev–Trinajstić information content (AvgIpc) is 3.53. The lowest BCUT2D eigenvalue weighted by Gasteiger charge is -2.47. The molecule has 0 unspecified atom stereocenters. The van der Waals surface area contributed by atoms with Gasteiger partial charge >= 0.3 is 0 Å². The van der Waals surface area contributed by atoms with Crippen LogP contribution in [0.25, 0.3) is 76.9 Å². The molecule has 0 amide bonds.